The fraction of sp³-hybridized carbons (Fsp3) is 1.00. The number of likely N-dealkylation sites (tertiary alicyclic amines) is 1. The first kappa shape index (κ1) is 11.9. The largest absolute Gasteiger partial charge is 0.389 e. The standard InChI is InChI=1S/C14H26N2O/c17-14(7-2-1-3-8-14)11-16-9-6-12-4-5-13(10-16)15-12/h12-13,15,17H,1-11H2. The molecule has 0 aromatic heterocycles. The van der Waals surface area contributed by atoms with Crippen molar-refractivity contribution in [2.45, 2.75) is 69.1 Å². The van der Waals surface area contributed by atoms with Crippen LogP contribution in [0.1, 0.15) is 51.4 Å². The summed E-state index contributed by atoms with van der Waals surface area (Å²) in [5, 5.41) is 14.3. The van der Waals surface area contributed by atoms with Crippen LogP contribution in [0.25, 0.3) is 0 Å². The van der Waals surface area contributed by atoms with Crippen LogP contribution in [-0.4, -0.2) is 47.3 Å². The van der Waals surface area contributed by atoms with Crippen LogP contribution >= 0.6 is 0 Å². The van der Waals surface area contributed by atoms with Crippen molar-refractivity contribution in [3.05, 3.63) is 0 Å². The minimum atomic E-state index is -0.373. The second kappa shape index (κ2) is 4.87. The fourth-order valence-electron chi connectivity index (χ4n) is 3.94. The Balaban J connectivity index is 1.57. The highest BCUT2D eigenvalue weighted by atomic mass is 16.3. The summed E-state index contributed by atoms with van der Waals surface area (Å²) in [6.45, 7) is 3.24. The van der Waals surface area contributed by atoms with Crippen LogP contribution in [0, 0.1) is 0 Å². The van der Waals surface area contributed by atoms with Gasteiger partial charge in [-0.2, -0.15) is 0 Å². The minimum Gasteiger partial charge on any atom is -0.389 e. The Morgan fingerprint density at radius 2 is 1.82 bits per heavy atom. The van der Waals surface area contributed by atoms with Crippen molar-refractivity contribution in [1.29, 1.82) is 0 Å². The highest BCUT2D eigenvalue weighted by Gasteiger charge is 2.35. The van der Waals surface area contributed by atoms with Crippen LogP contribution in [0.5, 0.6) is 0 Å². The molecule has 3 fully saturated rings. The number of hydrogen-bond acceptors (Lipinski definition) is 3. The molecule has 3 rings (SSSR count). The average Bonchev–Trinajstić information content (AvgIpc) is 2.64. The summed E-state index contributed by atoms with van der Waals surface area (Å²) in [5.41, 5.74) is -0.373. The Hall–Kier alpha value is -0.120. The van der Waals surface area contributed by atoms with Gasteiger partial charge < -0.3 is 10.4 Å². The number of nitrogens with zero attached hydrogens (tertiary/aromatic N) is 1. The molecule has 2 N–H and O–H groups in total. The topological polar surface area (TPSA) is 35.5 Å². The monoisotopic (exact) mass is 238 g/mol. The van der Waals surface area contributed by atoms with Crippen LogP contribution in [0.4, 0.5) is 0 Å². The van der Waals surface area contributed by atoms with Gasteiger partial charge in [0.25, 0.3) is 0 Å². The zero-order chi connectivity index (χ0) is 11.7. The molecule has 2 aliphatic heterocycles. The first-order valence-corrected chi connectivity index (χ1v) is 7.44. The molecule has 2 atom stereocenters. The van der Waals surface area contributed by atoms with E-state index in [0.717, 1.165) is 32.0 Å². The molecule has 2 heterocycles. The Morgan fingerprint density at radius 1 is 1.06 bits per heavy atom. The van der Waals surface area contributed by atoms with Crippen LogP contribution in [0.2, 0.25) is 0 Å². The van der Waals surface area contributed by atoms with Crippen molar-refractivity contribution in [2.75, 3.05) is 19.6 Å². The summed E-state index contributed by atoms with van der Waals surface area (Å²) in [5.74, 6) is 0. The first-order valence-electron chi connectivity index (χ1n) is 7.44. The van der Waals surface area contributed by atoms with Crippen LogP contribution in [0.15, 0.2) is 0 Å². The average molecular weight is 238 g/mol. The quantitative estimate of drug-likeness (QED) is 0.765. The van der Waals surface area contributed by atoms with Gasteiger partial charge in [0, 0.05) is 25.2 Å². The summed E-state index contributed by atoms with van der Waals surface area (Å²) in [6.07, 6.45) is 9.75. The molecule has 3 heteroatoms. The normalized spacial score (nSPS) is 37.9. The zero-order valence-electron chi connectivity index (χ0n) is 10.8. The molecule has 0 radical (unpaired) electrons. The lowest BCUT2D eigenvalue weighted by molar-refractivity contribution is -0.0269. The van der Waals surface area contributed by atoms with E-state index in [4.69, 9.17) is 0 Å². The number of fused-ring (bicyclic) bond motifs is 2. The van der Waals surface area contributed by atoms with Gasteiger partial charge in [0.2, 0.25) is 0 Å². The molecule has 3 aliphatic rings. The predicted molar refractivity (Wildman–Crippen MR) is 69.0 cm³/mol. The molecule has 0 aromatic rings. The van der Waals surface area contributed by atoms with Gasteiger partial charge in [-0.3, -0.25) is 4.90 Å². The zero-order valence-corrected chi connectivity index (χ0v) is 10.8. The molecule has 1 saturated carbocycles. The van der Waals surface area contributed by atoms with Crippen molar-refractivity contribution in [2.24, 2.45) is 0 Å². The van der Waals surface area contributed by atoms with Crippen molar-refractivity contribution in [3.8, 4) is 0 Å². The van der Waals surface area contributed by atoms with E-state index in [1.165, 1.54) is 45.1 Å². The van der Waals surface area contributed by atoms with Crippen molar-refractivity contribution < 1.29 is 5.11 Å². The number of aliphatic hydroxyl groups is 1. The summed E-state index contributed by atoms with van der Waals surface area (Å²) in [4.78, 5) is 2.52. The van der Waals surface area contributed by atoms with Crippen LogP contribution in [0.3, 0.4) is 0 Å². The number of rotatable bonds is 2. The maximum absolute atomic E-state index is 10.6. The van der Waals surface area contributed by atoms with E-state index in [-0.39, 0.29) is 5.60 Å². The molecule has 2 bridgehead atoms. The van der Waals surface area contributed by atoms with E-state index in [1.807, 2.05) is 0 Å². The van der Waals surface area contributed by atoms with E-state index >= 15 is 0 Å². The highest BCUT2D eigenvalue weighted by molar-refractivity contribution is 4.93. The number of β-amino-alcohol motifs (C(OH)–C–C–N with tert-alkyl or cyclic N) is 1. The fourth-order valence-corrected chi connectivity index (χ4v) is 3.94. The predicted octanol–water partition coefficient (Wildman–Crippen LogP) is 1.51. The first-order chi connectivity index (χ1) is 8.23. The van der Waals surface area contributed by atoms with Crippen LogP contribution < -0.4 is 5.32 Å². The van der Waals surface area contributed by atoms with Crippen molar-refractivity contribution in [3.63, 3.8) is 0 Å². The third-order valence-electron chi connectivity index (χ3n) is 4.91. The molecule has 17 heavy (non-hydrogen) atoms. The SMILES string of the molecule is OC1(CN2CCC3CCC(C2)N3)CCCCC1. The Kier molecular flexibility index (Phi) is 3.42. The summed E-state index contributed by atoms with van der Waals surface area (Å²) in [6, 6.07) is 1.45. The maximum Gasteiger partial charge on any atom is 0.0774 e. The van der Waals surface area contributed by atoms with Gasteiger partial charge in [0.05, 0.1) is 5.60 Å². The van der Waals surface area contributed by atoms with Gasteiger partial charge in [0.15, 0.2) is 0 Å². The molecule has 0 amide bonds. The molecular formula is C14H26N2O. The number of hydrogen-bond donors (Lipinski definition) is 2. The van der Waals surface area contributed by atoms with E-state index in [1.54, 1.807) is 0 Å². The Labute approximate surface area is 105 Å². The van der Waals surface area contributed by atoms with Crippen molar-refractivity contribution in [1.82, 2.24) is 10.2 Å². The second-order valence-corrected chi connectivity index (χ2v) is 6.45. The second-order valence-electron chi connectivity index (χ2n) is 6.45. The smallest absolute Gasteiger partial charge is 0.0774 e. The van der Waals surface area contributed by atoms with Gasteiger partial charge in [-0.1, -0.05) is 19.3 Å². The van der Waals surface area contributed by atoms with Gasteiger partial charge in [-0.25, -0.2) is 0 Å². The molecule has 2 saturated heterocycles. The lowest BCUT2D eigenvalue weighted by Crippen LogP contribution is -2.47. The van der Waals surface area contributed by atoms with Gasteiger partial charge in [0.1, 0.15) is 0 Å². The third kappa shape index (κ3) is 2.83. The van der Waals surface area contributed by atoms with E-state index < -0.39 is 0 Å². The van der Waals surface area contributed by atoms with E-state index in [0.29, 0.717) is 6.04 Å². The molecule has 0 spiro atoms. The van der Waals surface area contributed by atoms with E-state index in [9.17, 15) is 5.11 Å². The molecule has 3 nitrogen and oxygen atoms in total. The molecule has 2 unspecified atom stereocenters. The lowest BCUT2D eigenvalue weighted by Gasteiger charge is -2.37. The van der Waals surface area contributed by atoms with Crippen molar-refractivity contribution >= 4 is 0 Å². The van der Waals surface area contributed by atoms with Gasteiger partial charge >= 0.3 is 0 Å². The molecule has 0 aromatic carbocycles. The molecule has 98 valence electrons. The Morgan fingerprint density at radius 3 is 2.65 bits per heavy atom. The van der Waals surface area contributed by atoms with Crippen LogP contribution in [-0.2, 0) is 0 Å². The van der Waals surface area contributed by atoms with E-state index in [2.05, 4.69) is 10.2 Å². The van der Waals surface area contributed by atoms with Gasteiger partial charge in [-0.15, -0.1) is 0 Å². The van der Waals surface area contributed by atoms with Gasteiger partial charge in [-0.05, 0) is 38.6 Å². The number of nitrogens with one attached hydrogen (secondary N) is 1. The molecular weight excluding hydrogens is 212 g/mol. The molecule has 1 aliphatic carbocycles. The summed E-state index contributed by atoms with van der Waals surface area (Å²) >= 11 is 0. The maximum atomic E-state index is 10.6. The summed E-state index contributed by atoms with van der Waals surface area (Å²) in [7, 11) is 0. The third-order valence-corrected chi connectivity index (χ3v) is 4.91. The minimum absolute atomic E-state index is 0.373. The lowest BCUT2D eigenvalue weighted by atomic mass is 9.84. The Bertz CT molecular complexity index is 263. The highest BCUT2D eigenvalue weighted by Crippen LogP contribution is 2.30. The summed E-state index contributed by atoms with van der Waals surface area (Å²) < 4.78 is 0.